The smallest absolute Gasteiger partial charge is 0.0603 e. The van der Waals surface area contributed by atoms with Gasteiger partial charge in [-0.15, -0.1) is 0 Å². The molecule has 0 radical (unpaired) electrons. The van der Waals surface area contributed by atoms with Gasteiger partial charge in [-0.25, -0.2) is 0 Å². The van der Waals surface area contributed by atoms with Crippen LogP contribution in [0.25, 0.3) is 0 Å². The average Bonchev–Trinajstić information content (AvgIpc) is 1.98. The van der Waals surface area contributed by atoms with E-state index in [4.69, 9.17) is 5.84 Å². The lowest BCUT2D eigenvalue weighted by molar-refractivity contribution is 0.0686. The third-order valence-corrected chi connectivity index (χ3v) is 2.43. The van der Waals surface area contributed by atoms with E-state index in [1.807, 2.05) is 20.9 Å². The molecule has 4 heteroatoms. The van der Waals surface area contributed by atoms with Gasteiger partial charge in [0.05, 0.1) is 5.60 Å². The molecule has 4 nitrogen and oxygen atoms in total. The predicted molar refractivity (Wildman–Crippen MR) is 64.4 cm³/mol. The molecule has 0 saturated heterocycles. The van der Waals surface area contributed by atoms with Gasteiger partial charge in [0.2, 0.25) is 0 Å². The van der Waals surface area contributed by atoms with Crippen molar-refractivity contribution in [2.75, 3.05) is 20.1 Å². The third kappa shape index (κ3) is 10.1. The van der Waals surface area contributed by atoms with Crippen LogP contribution in [-0.4, -0.2) is 41.4 Å². The standard InChI is InChI=1S/C11H27N3O/c1-10(2,7-9-14(5)12)13-8-6-11(3,4)15/h13,15H,6-9,12H2,1-5H3. The number of nitrogens with two attached hydrogens (primary N) is 1. The zero-order valence-electron chi connectivity index (χ0n) is 10.8. The summed E-state index contributed by atoms with van der Waals surface area (Å²) in [5.74, 6) is 5.56. The maximum atomic E-state index is 9.56. The van der Waals surface area contributed by atoms with Gasteiger partial charge in [0, 0.05) is 19.1 Å². The van der Waals surface area contributed by atoms with Gasteiger partial charge >= 0.3 is 0 Å². The molecule has 15 heavy (non-hydrogen) atoms. The number of hydrogen-bond acceptors (Lipinski definition) is 4. The number of nitrogens with one attached hydrogen (secondary N) is 1. The van der Waals surface area contributed by atoms with E-state index in [1.165, 1.54) is 0 Å². The fourth-order valence-electron chi connectivity index (χ4n) is 1.25. The Bertz CT molecular complexity index is 173. The van der Waals surface area contributed by atoms with E-state index < -0.39 is 5.60 Å². The molecule has 0 fully saturated rings. The molecule has 0 aliphatic rings. The lowest BCUT2D eigenvalue weighted by Gasteiger charge is -2.29. The zero-order valence-corrected chi connectivity index (χ0v) is 10.8. The summed E-state index contributed by atoms with van der Waals surface area (Å²) in [7, 11) is 1.87. The van der Waals surface area contributed by atoms with Gasteiger partial charge in [-0.3, -0.25) is 10.9 Å². The molecule has 0 aromatic carbocycles. The van der Waals surface area contributed by atoms with E-state index in [1.54, 1.807) is 5.01 Å². The number of aliphatic hydroxyl groups is 1. The number of hydrogen-bond donors (Lipinski definition) is 3. The largest absolute Gasteiger partial charge is 0.390 e. The van der Waals surface area contributed by atoms with Crippen molar-refractivity contribution in [3.05, 3.63) is 0 Å². The Balaban J connectivity index is 3.74. The van der Waals surface area contributed by atoms with Gasteiger partial charge < -0.3 is 10.4 Å². The fraction of sp³-hybridized carbons (Fsp3) is 1.00. The van der Waals surface area contributed by atoms with Gasteiger partial charge in [-0.05, 0) is 47.1 Å². The minimum Gasteiger partial charge on any atom is -0.390 e. The molecule has 0 spiro atoms. The van der Waals surface area contributed by atoms with Crippen LogP contribution in [-0.2, 0) is 0 Å². The van der Waals surface area contributed by atoms with E-state index >= 15 is 0 Å². The third-order valence-electron chi connectivity index (χ3n) is 2.43. The van der Waals surface area contributed by atoms with Gasteiger partial charge in [-0.2, -0.15) is 0 Å². The summed E-state index contributed by atoms with van der Waals surface area (Å²) in [5.41, 5.74) is -0.521. The zero-order chi connectivity index (χ0) is 12.1. The van der Waals surface area contributed by atoms with Crippen LogP contribution in [0, 0.1) is 0 Å². The van der Waals surface area contributed by atoms with Crippen LogP contribution < -0.4 is 11.2 Å². The second-order valence-corrected chi connectivity index (χ2v) is 5.60. The lowest BCUT2D eigenvalue weighted by atomic mass is 9.99. The molecule has 92 valence electrons. The first-order chi connectivity index (χ1) is 6.62. The summed E-state index contributed by atoms with van der Waals surface area (Å²) in [6.07, 6.45) is 1.75. The monoisotopic (exact) mass is 217 g/mol. The minimum absolute atomic E-state index is 0.0683. The molecule has 0 saturated carbocycles. The molecule has 0 heterocycles. The molecule has 0 aliphatic heterocycles. The van der Waals surface area contributed by atoms with E-state index in [9.17, 15) is 5.11 Å². The van der Waals surface area contributed by atoms with Crippen molar-refractivity contribution in [1.29, 1.82) is 0 Å². The summed E-state index contributed by atoms with van der Waals surface area (Å²) < 4.78 is 0. The molecule has 0 rings (SSSR count). The van der Waals surface area contributed by atoms with Crippen LogP contribution in [0.15, 0.2) is 0 Å². The first-order valence-electron chi connectivity index (χ1n) is 5.56. The molecule has 0 amide bonds. The highest BCUT2D eigenvalue weighted by Crippen LogP contribution is 2.11. The van der Waals surface area contributed by atoms with Crippen LogP contribution in [0.5, 0.6) is 0 Å². The summed E-state index contributed by atoms with van der Waals surface area (Å²) in [5, 5.41) is 14.7. The Kier molecular flexibility index (Phi) is 5.73. The summed E-state index contributed by atoms with van der Waals surface area (Å²) in [4.78, 5) is 0. The maximum absolute atomic E-state index is 9.56. The Morgan fingerprint density at radius 2 is 1.73 bits per heavy atom. The molecule has 0 atom stereocenters. The van der Waals surface area contributed by atoms with E-state index in [2.05, 4.69) is 19.2 Å². The summed E-state index contributed by atoms with van der Waals surface area (Å²) >= 11 is 0. The number of hydrazine groups is 1. The van der Waals surface area contributed by atoms with Crippen molar-refractivity contribution < 1.29 is 5.11 Å². The second kappa shape index (κ2) is 5.80. The first kappa shape index (κ1) is 14.8. The highest BCUT2D eigenvalue weighted by Gasteiger charge is 2.19. The molecule has 0 bridgehead atoms. The van der Waals surface area contributed by atoms with Gasteiger partial charge in [0.15, 0.2) is 0 Å². The van der Waals surface area contributed by atoms with Crippen molar-refractivity contribution in [2.24, 2.45) is 5.84 Å². The molecule has 4 N–H and O–H groups in total. The van der Waals surface area contributed by atoms with Crippen LogP contribution in [0.1, 0.15) is 40.5 Å². The Morgan fingerprint density at radius 3 is 2.13 bits per heavy atom. The molecule has 0 aliphatic carbocycles. The average molecular weight is 217 g/mol. The molecular formula is C11H27N3O. The summed E-state index contributed by atoms with van der Waals surface area (Å²) in [6, 6.07) is 0. The Labute approximate surface area is 93.8 Å². The number of nitrogens with zero attached hydrogens (tertiary/aromatic N) is 1. The Hall–Kier alpha value is -0.160. The van der Waals surface area contributed by atoms with E-state index in [0.29, 0.717) is 0 Å². The van der Waals surface area contributed by atoms with Gasteiger partial charge in [0.1, 0.15) is 0 Å². The highest BCUT2D eigenvalue weighted by atomic mass is 16.3. The van der Waals surface area contributed by atoms with Crippen LogP contribution >= 0.6 is 0 Å². The van der Waals surface area contributed by atoms with Crippen molar-refractivity contribution in [1.82, 2.24) is 10.3 Å². The van der Waals surface area contributed by atoms with Gasteiger partial charge in [0.25, 0.3) is 0 Å². The minimum atomic E-state index is -0.590. The lowest BCUT2D eigenvalue weighted by Crippen LogP contribution is -2.44. The van der Waals surface area contributed by atoms with Crippen molar-refractivity contribution >= 4 is 0 Å². The van der Waals surface area contributed by atoms with Crippen molar-refractivity contribution in [3.8, 4) is 0 Å². The molecule has 0 aromatic heterocycles. The quantitative estimate of drug-likeness (QED) is 0.434. The SMILES string of the molecule is CN(N)CCC(C)(C)NCCC(C)(C)O. The number of rotatable bonds is 7. The molecule has 0 aromatic rings. The first-order valence-corrected chi connectivity index (χ1v) is 5.56. The highest BCUT2D eigenvalue weighted by molar-refractivity contribution is 4.79. The summed E-state index contributed by atoms with van der Waals surface area (Å²) in [6.45, 7) is 9.65. The molecular weight excluding hydrogens is 190 g/mol. The molecule has 0 unspecified atom stereocenters. The second-order valence-electron chi connectivity index (χ2n) is 5.60. The predicted octanol–water partition coefficient (Wildman–Crippen LogP) is 0.711. The fourth-order valence-corrected chi connectivity index (χ4v) is 1.25. The normalized spacial score (nSPS) is 13.6. The van der Waals surface area contributed by atoms with Gasteiger partial charge in [-0.1, -0.05) is 0 Å². The van der Waals surface area contributed by atoms with Crippen LogP contribution in [0.4, 0.5) is 0 Å². The van der Waals surface area contributed by atoms with E-state index in [-0.39, 0.29) is 5.54 Å². The van der Waals surface area contributed by atoms with Crippen molar-refractivity contribution in [2.45, 2.75) is 51.7 Å². The van der Waals surface area contributed by atoms with E-state index in [0.717, 1.165) is 25.9 Å². The Morgan fingerprint density at radius 1 is 1.20 bits per heavy atom. The van der Waals surface area contributed by atoms with Crippen LogP contribution in [0.3, 0.4) is 0 Å². The maximum Gasteiger partial charge on any atom is 0.0603 e. The topological polar surface area (TPSA) is 61.5 Å². The van der Waals surface area contributed by atoms with Crippen LogP contribution in [0.2, 0.25) is 0 Å². The van der Waals surface area contributed by atoms with Crippen molar-refractivity contribution in [3.63, 3.8) is 0 Å².